The highest BCUT2D eigenvalue weighted by Gasteiger charge is 2.35. The van der Waals surface area contributed by atoms with Gasteiger partial charge in [-0.2, -0.15) is 0 Å². The van der Waals surface area contributed by atoms with Gasteiger partial charge < -0.3 is 5.11 Å². The predicted octanol–water partition coefficient (Wildman–Crippen LogP) is 3.20. The average molecular weight is 262 g/mol. The van der Waals surface area contributed by atoms with Crippen LogP contribution in [-0.2, 0) is 9.59 Å². The summed E-state index contributed by atoms with van der Waals surface area (Å²) in [6.45, 7) is 1.51. The van der Waals surface area contributed by atoms with Crippen molar-refractivity contribution in [3.8, 4) is 11.8 Å². The summed E-state index contributed by atoms with van der Waals surface area (Å²) in [5, 5.41) is 8.53. The van der Waals surface area contributed by atoms with Gasteiger partial charge in [0.15, 0.2) is 5.78 Å². The van der Waals surface area contributed by atoms with Crippen LogP contribution in [0.3, 0.4) is 0 Å². The van der Waals surface area contributed by atoms with Crippen LogP contribution in [0.4, 0.5) is 0 Å². The Morgan fingerprint density at radius 2 is 2.00 bits per heavy atom. The number of carbonyl (C=O) groups is 2. The molecule has 0 aromatic carbocycles. The van der Waals surface area contributed by atoms with Gasteiger partial charge in [-0.1, -0.05) is 24.7 Å². The highest BCUT2D eigenvalue weighted by Crippen LogP contribution is 2.45. The van der Waals surface area contributed by atoms with Crippen molar-refractivity contribution in [2.45, 2.75) is 51.9 Å². The van der Waals surface area contributed by atoms with E-state index >= 15 is 0 Å². The van der Waals surface area contributed by atoms with Crippen LogP contribution in [-0.4, -0.2) is 16.9 Å². The first-order valence-electron chi connectivity index (χ1n) is 6.97. The summed E-state index contributed by atoms with van der Waals surface area (Å²) in [6, 6.07) is 0. The maximum Gasteiger partial charge on any atom is 0.303 e. The van der Waals surface area contributed by atoms with Crippen LogP contribution < -0.4 is 0 Å². The zero-order valence-corrected chi connectivity index (χ0v) is 11.5. The molecule has 19 heavy (non-hydrogen) atoms. The number of rotatable bonds is 8. The van der Waals surface area contributed by atoms with Gasteiger partial charge in [-0.25, -0.2) is 0 Å². The first-order chi connectivity index (χ1) is 9.09. The van der Waals surface area contributed by atoms with Crippen LogP contribution in [0, 0.1) is 23.7 Å². The highest BCUT2D eigenvalue weighted by atomic mass is 16.4. The summed E-state index contributed by atoms with van der Waals surface area (Å²) in [4.78, 5) is 21.0. The van der Waals surface area contributed by atoms with E-state index in [9.17, 15) is 9.59 Å². The second-order valence-corrected chi connectivity index (χ2v) is 5.20. The Balaban J connectivity index is 1.99. The maximum absolute atomic E-state index is 10.6. The SMILES string of the molecule is CC(=O)/C=C/C#CCCC1CC1CCCCC(=O)O. The number of hydrogen-bond donors (Lipinski definition) is 1. The van der Waals surface area contributed by atoms with Crippen LogP contribution in [0.1, 0.15) is 51.9 Å². The summed E-state index contributed by atoms with van der Waals surface area (Å²) in [5.41, 5.74) is 0. The number of carbonyl (C=O) groups excluding carboxylic acids is 1. The van der Waals surface area contributed by atoms with Crippen LogP contribution in [0.5, 0.6) is 0 Å². The number of carboxylic acids is 1. The Labute approximate surface area is 115 Å². The third-order valence-electron chi connectivity index (χ3n) is 3.43. The number of unbranched alkanes of at least 4 members (excludes halogenated alkanes) is 1. The smallest absolute Gasteiger partial charge is 0.303 e. The van der Waals surface area contributed by atoms with E-state index in [2.05, 4.69) is 11.8 Å². The molecule has 3 nitrogen and oxygen atoms in total. The standard InChI is InChI=1S/C16H22O3/c1-13(17)8-4-2-3-5-9-14-12-15(14)10-6-7-11-16(18)19/h4,8,14-15H,5-7,9-12H2,1H3,(H,18,19)/b8-4+. The normalized spacial score (nSPS) is 20.9. The molecule has 1 aliphatic rings. The Hall–Kier alpha value is -1.56. The Morgan fingerprint density at radius 1 is 1.26 bits per heavy atom. The van der Waals surface area contributed by atoms with Crippen molar-refractivity contribution in [3.63, 3.8) is 0 Å². The van der Waals surface area contributed by atoms with Gasteiger partial charge in [0, 0.05) is 12.8 Å². The summed E-state index contributed by atoms with van der Waals surface area (Å²) in [7, 11) is 0. The molecule has 3 heteroatoms. The van der Waals surface area contributed by atoms with E-state index in [1.807, 2.05) is 0 Å². The van der Waals surface area contributed by atoms with Gasteiger partial charge in [-0.05, 0) is 50.2 Å². The molecule has 0 aromatic heterocycles. The minimum atomic E-state index is -0.693. The lowest BCUT2D eigenvalue weighted by Crippen LogP contribution is -1.94. The second kappa shape index (κ2) is 8.53. The number of aliphatic carboxylic acids is 1. The van der Waals surface area contributed by atoms with Crippen molar-refractivity contribution >= 4 is 11.8 Å². The monoisotopic (exact) mass is 262 g/mol. The van der Waals surface area contributed by atoms with Gasteiger partial charge >= 0.3 is 5.97 Å². The maximum atomic E-state index is 10.6. The molecule has 0 spiro atoms. The van der Waals surface area contributed by atoms with Gasteiger partial charge in [0.25, 0.3) is 0 Å². The number of carboxylic acid groups (broad SMARTS) is 1. The quantitative estimate of drug-likeness (QED) is 0.415. The van der Waals surface area contributed by atoms with Crippen molar-refractivity contribution in [2.75, 3.05) is 0 Å². The van der Waals surface area contributed by atoms with Crippen molar-refractivity contribution in [2.24, 2.45) is 11.8 Å². The Kier molecular flexibility index (Phi) is 6.95. The summed E-state index contributed by atoms with van der Waals surface area (Å²) < 4.78 is 0. The zero-order chi connectivity index (χ0) is 14.1. The first-order valence-corrected chi connectivity index (χ1v) is 6.97. The minimum Gasteiger partial charge on any atom is -0.481 e. The predicted molar refractivity (Wildman–Crippen MR) is 74.5 cm³/mol. The molecule has 1 saturated carbocycles. The topological polar surface area (TPSA) is 54.4 Å². The summed E-state index contributed by atoms with van der Waals surface area (Å²) in [6.07, 6.45) is 9.67. The average Bonchev–Trinajstić information content (AvgIpc) is 3.07. The molecule has 0 radical (unpaired) electrons. The van der Waals surface area contributed by atoms with Crippen LogP contribution in [0.2, 0.25) is 0 Å². The zero-order valence-electron chi connectivity index (χ0n) is 11.5. The summed E-state index contributed by atoms with van der Waals surface area (Å²) >= 11 is 0. The molecular formula is C16H22O3. The van der Waals surface area contributed by atoms with Gasteiger partial charge in [0.1, 0.15) is 0 Å². The van der Waals surface area contributed by atoms with E-state index in [0.717, 1.165) is 43.9 Å². The molecule has 1 N–H and O–H groups in total. The fourth-order valence-corrected chi connectivity index (χ4v) is 2.25. The van der Waals surface area contributed by atoms with Gasteiger partial charge in [-0.15, -0.1) is 0 Å². The molecule has 0 heterocycles. The van der Waals surface area contributed by atoms with Crippen molar-refractivity contribution < 1.29 is 14.7 Å². The Morgan fingerprint density at radius 3 is 2.68 bits per heavy atom. The van der Waals surface area contributed by atoms with Crippen LogP contribution >= 0.6 is 0 Å². The lowest BCUT2D eigenvalue weighted by Gasteiger charge is -1.98. The molecule has 0 aromatic rings. The fraction of sp³-hybridized carbons (Fsp3) is 0.625. The van der Waals surface area contributed by atoms with Gasteiger partial charge in [0.05, 0.1) is 0 Å². The molecule has 1 fully saturated rings. The van der Waals surface area contributed by atoms with Crippen LogP contribution in [0.15, 0.2) is 12.2 Å². The molecule has 2 unspecified atom stereocenters. The van der Waals surface area contributed by atoms with E-state index < -0.39 is 5.97 Å². The van der Waals surface area contributed by atoms with Crippen LogP contribution in [0.25, 0.3) is 0 Å². The molecule has 2 atom stereocenters. The fourth-order valence-electron chi connectivity index (χ4n) is 2.25. The molecule has 0 saturated heterocycles. The third kappa shape index (κ3) is 8.20. The summed E-state index contributed by atoms with van der Waals surface area (Å²) in [5.74, 6) is 6.83. The lowest BCUT2D eigenvalue weighted by atomic mass is 10.1. The van der Waals surface area contributed by atoms with Crippen molar-refractivity contribution in [1.29, 1.82) is 0 Å². The minimum absolute atomic E-state index is 0.0258. The lowest BCUT2D eigenvalue weighted by molar-refractivity contribution is -0.137. The second-order valence-electron chi connectivity index (χ2n) is 5.20. The highest BCUT2D eigenvalue weighted by molar-refractivity contribution is 5.87. The van der Waals surface area contributed by atoms with E-state index in [4.69, 9.17) is 5.11 Å². The van der Waals surface area contributed by atoms with Gasteiger partial charge in [0.2, 0.25) is 0 Å². The third-order valence-corrected chi connectivity index (χ3v) is 3.43. The molecule has 1 rings (SSSR count). The molecule has 0 amide bonds. The Bertz CT molecular complexity index is 398. The molecule has 0 bridgehead atoms. The largest absolute Gasteiger partial charge is 0.481 e. The molecular weight excluding hydrogens is 240 g/mol. The molecule has 104 valence electrons. The van der Waals surface area contributed by atoms with Crippen molar-refractivity contribution in [3.05, 3.63) is 12.2 Å². The number of hydrogen-bond acceptors (Lipinski definition) is 2. The number of ketones is 1. The molecule has 0 aliphatic heterocycles. The van der Waals surface area contributed by atoms with E-state index in [1.165, 1.54) is 19.4 Å². The number of allylic oxidation sites excluding steroid dienone is 2. The van der Waals surface area contributed by atoms with Gasteiger partial charge in [-0.3, -0.25) is 9.59 Å². The van der Waals surface area contributed by atoms with E-state index in [1.54, 1.807) is 6.08 Å². The molecule has 1 aliphatic carbocycles. The van der Waals surface area contributed by atoms with E-state index in [-0.39, 0.29) is 5.78 Å². The first kappa shape index (κ1) is 15.5. The van der Waals surface area contributed by atoms with E-state index in [0.29, 0.717) is 6.42 Å². The van der Waals surface area contributed by atoms with Crippen molar-refractivity contribution in [1.82, 2.24) is 0 Å².